The van der Waals surface area contributed by atoms with E-state index in [1.54, 1.807) is 0 Å². The molecule has 0 aliphatic rings. The largest absolute Gasteiger partial charge is 1.00 e. The molecule has 0 unspecified atom stereocenters. The van der Waals surface area contributed by atoms with Gasteiger partial charge in [-0.3, -0.25) is 0 Å². The molecular weight excluding hydrogens is 273 g/mol. The van der Waals surface area contributed by atoms with Crippen molar-refractivity contribution in [1.82, 2.24) is 0 Å². The summed E-state index contributed by atoms with van der Waals surface area (Å²) in [5.74, 6) is 0. The fourth-order valence-corrected chi connectivity index (χ4v) is 1.55. The van der Waals surface area contributed by atoms with Gasteiger partial charge in [-0.25, -0.2) is 0 Å². The van der Waals surface area contributed by atoms with Crippen molar-refractivity contribution in [2.75, 3.05) is 0 Å². The summed E-state index contributed by atoms with van der Waals surface area (Å²) in [4.78, 5) is 0. The molecule has 0 aliphatic heterocycles. The van der Waals surface area contributed by atoms with Gasteiger partial charge in [0.25, 0.3) is 5.15 Å². The minimum Gasteiger partial charge on any atom is -1.00 e. The number of pyridine rings is 1. The zero-order valence-corrected chi connectivity index (χ0v) is 10.4. The van der Waals surface area contributed by atoms with Crippen molar-refractivity contribution in [3.8, 4) is 0 Å². The van der Waals surface area contributed by atoms with Crippen molar-refractivity contribution < 1.29 is 21.5 Å². The van der Waals surface area contributed by atoms with Gasteiger partial charge in [0.2, 0.25) is 0 Å². The SMILES string of the molecule is Clc1cccc[n+]1Cc1ccccc1.[Br-]. The van der Waals surface area contributed by atoms with Crippen molar-refractivity contribution in [1.29, 1.82) is 0 Å². The summed E-state index contributed by atoms with van der Waals surface area (Å²) < 4.78 is 2.01. The number of nitrogens with zero attached hydrogens (tertiary/aromatic N) is 1. The molecule has 0 bridgehead atoms. The van der Waals surface area contributed by atoms with Gasteiger partial charge in [-0.05, 0) is 17.7 Å². The molecule has 0 aliphatic carbocycles. The monoisotopic (exact) mass is 283 g/mol. The molecule has 0 amide bonds. The Balaban J connectivity index is 0.00000112. The Bertz CT molecular complexity index is 417. The Morgan fingerprint density at radius 1 is 0.933 bits per heavy atom. The number of benzene rings is 1. The molecule has 2 rings (SSSR count). The van der Waals surface area contributed by atoms with Crippen LogP contribution in [0.5, 0.6) is 0 Å². The Morgan fingerprint density at radius 2 is 1.60 bits per heavy atom. The third-order valence-corrected chi connectivity index (χ3v) is 2.42. The number of halogens is 2. The molecule has 78 valence electrons. The summed E-state index contributed by atoms with van der Waals surface area (Å²) in [6.07, 6.45) is 1.98. The second kappa shape index (κ2) is 5.89. The highest BCUT2D eigenvalue weighted by Gasteiger charge is 2.06. The molecule has 1 nitrogen and oxygen atoms in total. The smallest absolute Gasteiger partial charge is 0.275 e. The maximum absolute atomic E-state index is 6.04. The van der Waals surface area contributed by atoms with Crippen LogP contribution in [0.15, 0.2) is 54.7 Å². The molecule has 0 saturated heterocycles. The van der Waals surface area contributed by atoms with Crippen LogP contribution in [0.1, 0.15) is 5.56 Å². The first-order valence-corrected chi connectivity index (χ1v) is 4.92. The minimum absolute atomic E-state index is 0. The van der Waals surface area contributed by atoms with Gasteiger partial charge in [-0.15, -0.1) is 0 Å². The van der Waals surface area contributed by atoms with Crippen LogP contribution in [-0.2, 0) is 6.54 Å². The number of rotatable bonds is 2. The van der Waals surface area contributed by atoms with Crippen molar-refractivity contribution in [3.05, 3.63) is 65.4 Å². The van der Waals surface area contributed by atoms with Crippen molar-refractivity contribution in [2.45, 2.75) is 6.54 Å². The standard InChI is InChI=1S/C12H11ClN.BrH/c13-12-8-4-5-9-14(12)10-11-6-2-1-3-7-11;/h1-9H,10H2;1H/q+1;/p-1. The lowest BCUT2D eigenvalue weighted by atomic mass is 10.2. The summed E-state index contributed by atoms with van der Waals surface area (Å²) in [6.45, 7) is 0.820. The van der Waals surface area contributed by atoms with Gasteiger partial charge < -0.3 is 17.0 Å². The molecule has 0 spiro atoms. The zero-order valence-electron chi connectivity index (χ0n) is 8.11. The molecule has 3 heteroatoms. The molecule has 1 aromatic carbocycles. The van der Waals surface area contributed by atoms with Crippen molar-refractivity contribution >= 4 is 11.6 Å². The second-order valence-electron chi connectivity index (χ2n) is 3.14. The fourth-order valence-electron chi connectivity index (χ4n) is 1.36. The topological polar surface area (TPSA) is 3.88 Å². The van der Waals surface area contributed by atoms with Gasteiger partial charge in [0.1, 0.15) is 0 Å². The van der Waals surface area contributed by atoms with Crippen LogP contribution in [0.25, 0.3) is 0 Å². The van der Waals surface area contributed by atoms with E-state index < -0.39 is 0 Å². The third kappa shape index (κ3) is 3.33. The quantitative estimate of drug-likeness (QED) is 0.526. The normalized spacial score (nSPS) is 9.40. The lowest BCUT2D eigenvalue weighted by molar-refractivity contribution is -0.686. The van der Waals surface area contributed by atoms with E-state index in [9.17, 15) is 0 Å². The highest BCUT2D eigenvalue weighted by molar-refractivity contribution is 6.28. The van der Waals surface area contributed by atoms with Gasteiger partial charge in [-0.2, -0.15) is 4.57 Å². The van der Waals surface area contributed by atoms with Crippen molar-refractivity contribution in [2.24, 2.45) is 0 Å². The molecule has 0 radical (unpaired) electrons. The minimum atomic E-state index is 0. The number of hydrogen-bond donors (Lipinski definition) is 0. The highest BCUT2D eigenvalue weighted by atomic mass is 79.9. The Morgan fingerprint density at radius 3 is 2.27 bits per heavy atom. The van der Waals surface area contributed by atoms with E-state index in [1.807, 2.05) is 47.2 Å². The molecule has 0 saturated carbocycles. The maximum atomic E-state index is 6.04. The van der Waals surface area contributed by atoms with Crippen LogP contribution in [0.4, 0.5) is 0 Å². The molecular formula is C12H11BrClN. The summed E-state index contributed by atoms with van der Waals surface area (Å²) in [5.41, 5.74) is 1.26. The second-order valence-corrected chi connectivity index (χ2v) is 3.52. The summed E-state index contributed by atoms with van der Waals surface area (Å²) in [7, 11) is 0. The van der Waals surface area contributed by atoms with Gasteiger partial charge in [0, 0.05) is 17.7 Å². The van der Waals surface area contributed by atoms with Gasteiger partial charge in [-0.1, -0.05) is 30.3 Å². The first-order valence-electron chi connectivity index (χ1n) is 4.54. The molecule has 0 atom stereocenters. The van der Waals surface area contributed by atoms with E-state index in [0.29, 0.717) is 0 Å². The molecule has 1 heterocycles. The van der Waals surface area contributed by atoms with Crippen molar-refractivity contribution in [3.63, 3.8) is 0 Å². The third-order valence-electron chi connectivity index (χ3n) is 2.08. The van der Waals surface area contributed by atoms with E-state index in [-0.39, 0.29) is 17.0 Å². The van der Waals surface area contributed by atoms with E-state index in [4.69, 9.17) is 11.6 Å². The summed E-state index contributed by atoms with van der Waals surface area (Å²) in [5, 5.41) is 0.761. The first kappa shape index (κ1) is 12.2. The number of aromatic nitrogens is 1. The zero-order chi connectivity index (χ0) is 9.80. The predicted octanol–water partition coefficient (Wildman–Crippen LogP) is -0.320. The van der Waals surface area contributed by atoms with Gasteiger partial charge in [0.15, 0.2) is 12.7 Å². The van der Waals surface area contributed by atoms with Crippen LogP contribution >= 0.6 is 11.6 Å². The molecule has 2 aromatic rings. The summed E-state index contributed by atoms with van der Waals surface area (Å²) in [6, 6.07) is 16.1. The van der Waals surface area contributed by atoms with E-state index >= 15 is 0 Å². The van der Waals surface area contributed by atoms with E-state index in [0.717, 1.165) is 11.7 Å². The van der Waals surface area contributed by atoms with Crippen LogP contribution in [0, 0.1) is 0 Å². The predicted molar refractivity (Wildman–Crippen MR) is 57.2 cm³/mol. The number of hydrogen-bond acceptors (Lipinski definition) is 0. The van der Waals surface area contributed by atoms with Crippen LogP contribution in [0.2, 0.25) is 5.15 Å². The van der Waals surface area contributed by atoms with Gasteiger partial charge in [0.05, 0.1) is 0 Å². The molecule has 0 fully saturated rings. The summed E-state index contributed by atoms with van der Waals surface area (Å²) >= 11 is 6.04. The van der Waals surface area contributed by atoms with Crippen LogP contribution < -0.4 is 21.5 Å². The Kier molecular flexibility index (Phi) is 4.79. The molecule has 15 heavy (non-hydrogen) atoms. The van der Waals surface area contributed by atoms with E-state index in [1.165, 1.54) is 5.56 Å². The van der Waals surface area contributed by atoms with Crippen LogP contribution in [-0.4, -0.2) is 0 Å². The van der Waals surface area contributed by atoms with E-state index in [2.05, 4.69) is 12.1 Å². The van der Waals surface area contributed by atoms with Crippen LogP contribution in [0.3, 0.4) is 0 Å². The highest BCUT2D eigenvalue weighted by Crippen LogP contribution is 2.02. The lowest BCUT2D eigenvalue weighted by Crippen LogP contribution is -3.00. The Hall–Kier alpha value is -0.860. The maximum Gasteiger partial charge on any atom is 0.275 e. The van der Waals surface area contributed by atoms with Gasteiger partial charge >= 0.3 is 0 Å². The molecule has 0 N–H and O–H groups in total. The average Bonchev–Trinajstić information content (AvgIpc) is 2.23. The molecule has 1 aromatic heterocycles. The average molecular weight is 285 g/mol. The fraction of sp³-hybridized carbons (Fsp3) is 0.0833. The lowest BCUT2D eigenvalue weighted by Gasteiger charge is -1.98. The Labute approximate surface area is 105 Å². The first-order chi connectivity index (χ1) is 6.86.